The van der Waals surface area contributed by atoms with Gasteiger partial charge < -0.3 is 9.72 Å². The SMILES string of the molecule is CCCn1cc(C(=O)Oc2cccc(-c3nc(C)cc(=O)[nH]3)c2)cn1. The summed E-state index contributed by atoms with van der Waals surface area (Å²) in [5.41, 5.74) is 1.44. The monoisotopic (exact) mass is 338 g/mol. The normalized spacial score (nSPS) is 10.6. The molecule has 25 heavy (non-hydrogen) atoms. The van der Waals surface area contributed by atoms with Crippen LogP contribution in [0.3, 0.4) is 0 Å². The van der Waals surface area contributed by atoms with Crippen molar-refractivity contribution in [3.05, 3.63) is 64.3 Å². The van der Waals surface area contributed by atoms with Gasteiger partial charge in [0.05, 0.1) is 11.8 Å². The number of carbonyl (C=O) groups is 1. The van der Waals surface area contributed by atoms with Crippen LogP contribution < -0.4 is 10.3 Å². The van der Waals surface area contributed by atoms with Crippen LogP contribution in [0.5, 0.6) is 5.75 Å². The lowest BCUT2D eigenvalue weighted by atomic mass is 10.2. The topological polar surface area (TPSA) is 89.9 Å². The second-order valence-corrected chi connectivity index (χ2v) is 5.64. The quantitative estimate of drug-likeness (QED) is 0.570. The molecule has 0 aliphatic rings. The predicted molar refractivity (Wildman–Crippen MR) is 92.5 cm³/mol. The molecule has 128 valence electrons. The first kappa shape index (κ1) is 16.6. The second kappa shape index (κ2) is 7.12. The molecule has 2 heterocycles. The van der Waals surface area contributed by atoms with Gasteiger partial charge in [0, 0.05) is 30.1 Å². The van der Waals surface area contributed by atoms with Crippen molar-refractivity contribution in [2.24, 2.45) is 0 Å². The Balaban J connectivity index is 1.81. The van der Waals surface area contributed by atoms with E-state index in [1.54, 1.807) is 42.1 Å². The summed E-state index contributed by atoms with van der Waals surface area (Å²) >= 11 is 0. The van der Waals surface area contributed by atoms with Crippen molar-refractivity contribution in [3.63, 3.8) is 0 Å². The molecule has 0 aliphatic heterocycles. The number of ether oxygens (including phenoxy) is 1. The van der Waals surface area contributed by atoms with Crippen LogP contribution in [0.15, 0.2) is 47.5 Å². The van der Waals surface area contributed by atoms with Gasteiger partial charge >= 0.3 is 5.97 Å². The van der Waals surface area contributed by atoms with Crippen LogP contribution in [0, 0.1) is 6.92 Å². The average molecular weight is 338 g/mol. The molecule has 0 bridgehead atoms. The van der Waals surface area contributed by atoms with Crippen LogP contribution in [0.25, 0.3) is 11.4 Å². The Morgan fingerprint density at radius 3 is 2.92 bits per heavy atom. The molecule has 0 amide bonds. The lowest BCUT2D eigenvalue weighted by molar-refractivity contribution is 0.0734. The molecule has 0 aliphatic carbocycles. The lowest BCUT2D eigenvalue weighted by Crippen LogP contribution is -2.09. The summed E-state index contributed by atoms with van der Waals surface area (Å²) in [4.78, 5) is 30.8. The van der Waals surface area contributed by atoms with E-state index < -0.39 is 5.97 Å². The number of aromatic nitrogens is 4. The number of nitrogens with one attached hydrogen (secondary N) is 1. The number of rotatable bonds is 5. The third-order valence-electron chi connectivity index (χ3n) is 3.51. The number of H-pyrrole nitrogens is 1. The molecule has 7 heteroatoms. The van der Waals surface area contributed by atoms with Crippen LogP contribution in [0.1, 0.15) is 29.4 Å². The van der Waals surface area contributed by atoms with E-state index in [9.17, 15) is 9.59 Å². The van der Waals surface area contributed by atoms with E-state index in [-0.39, 0.29) is 5.56 Å². The number of aryl methyl sites for hydroxylation is 2. The first-order valence-corrected chi connectivity index (χ1v) is 7.98. The molecule has 0 saturated carbocycles. The van der Waals surface area contributed by atoms with Crippen LogP contribution in [-0.2, 0) is 6.54 Å². The van der Waals surface area contributed by atoms with Crippen LogP contribution >= 0.6 is 0 Å². The van der Waals surface area contributed by atoms with Gasteiger partial charge in [-0.15, -0.1) is 0 Å². The van der Waals surface area contributed by atoms with E-state index >= 15 is 0 Å². The van der Waals surface area contributed by atoms with Gasteiger partial charge in [-0.05, 0) is 25.5 Å². The highest BCUT2D eigenvalue weighted by atomic mass is 16.5. The number of benzene rings is 1. The highest BCUT2D eigenvalue weighted by molar-refractivity contribution is 5.90. The van der Waals surface area contributed by atoms with Crippen molar-refractivity contribution in [2.75, 3.05) is 0 Å². The van der Waals surface area contributed by atoms with Crippen LogP contribution in [0.2, 0.25) is 0 Å². The van der Waals surface area contributed by atoms with Gasteiger partial charge in [0.2, 0.25) is 0 Å². The molecular weight excluding hydrogens is 320 g/mol. The van der Waals surface area contributed by atoms with E-state index in [1.165, 1.54) is 12.3 Å². The summed E-state index contributed by atoms with van der Waals surface area (Å²) in [5.74, 6) is 0.318. The van der Waals surface area contributed by atoms with Crippen molar-refractivity contribution in [1.82, 2.24) is 19.7 Å². The van der Waals surface area contributed by atoms with Crippen LogP contribution in [0.4, 0.5) is 0 Å². The summed E-state index contributed by atoms with van der Waals surface area (Å²) in [7, 11) is 0. The smallest absolute Gasteiger partial charge is 0.346 e. The zero-order valence-corrected chi connectivity index (χ0v) is 14.0. The minimum Gasteiger partial charge on any atom is -0.423 e. The molecule has 0 unspecified atom stereocenters. The van der Waals surface area contributed by atoms with Gasteiger partial charge in [0.25, 0.3) is 5.56 Å². The zero-order valence-electron chi connectivity index (χ0n) is 14.0. The third kappa shape index (κ3) is 4.00. The van der Waals surface area contributed by atoms with Crippen molar-refractivity contribution in [1.29, 1.82) is 0 Å². The maximum Gasteiger partial charge on any atom is 0.346 e. The number of esters is 1. The van der Waals surface area contributed by atoms with Gasteiger partial charge in [-0.2, -0.15) is 5.10 Å². The van der Waals surface area contributed by atoms with Crippen LogP contribution in [-0.4, -0.2) is 25.7 Å². The van der Waals surface area contributed by atoms with Gasteiger partial charge in [-0.1, -0.05) is 19.1 Å². The van der Waals surface area contributed by atoms with Gasteiger partial charge in [0.1, 0.15) is 11.6 Å². The largest absolute Gasteiger partial charge is 0.423 e. The first-order chi connectivity index (χ1) is 12.0. The van der Waals surface area contributed by atoms with Crippen molar-refractivity contribution < 1.29 is 9.53 Å². The molecule has 0 fully saturated rings. The number of nitrogens with zero attached hydrogens (tertiary/aromatic N) is 3. The number of hydrogen-bond donors (Lipinski definition) is 1. The molecule has 0 saturated heterocycles. The van der Waals surface area contributed by atoms with E-state index in [0.29, 0.717) is 28.4 Å². The number of carbonyl (C=O) groups excluding carboxylic acids is 1. The Morgan fingerprint density at radius 2 is 2.16 bits per heavy atom. The van der Waals surface area contributed by atoms with E-state index in [4.69, 9.17) is 4.74 Å². The molecule has 0 atom stereocenters. The van der Waals surface area contributed by atoms with Crippen molar-refractivity contribution in [3.8, 4) is 17.1 Å². The Labute approximate surface area is 144 Å². The number of aromatic amines is 1. The molecule has 7 nitrogen and oxygen atoms in total. The fourth-order valence-electron chi connectivity index (χ4n) is 2.41. The van der Waals surface area contributed by atoms with Gasteiger partial charge in [-0.25, -0.2) is 9.78 Å². The molecule has 1 aromatic carbocycles. The maximum atomic E-state index is 12.2. The number of hydrogen-bond acceptors (Lipinski definition) is 5. The molecule has 3 aromatic rings. The summed E-state index contributed by atoms with van der Waals surface area (Å²) < 4.78 is 7.11. The molecule has 0 radical (unpaired) electrons. The Hall–Kier alpha value is -3.22. The molecule has 2 aromatic heterocycles. The zero-order chi connectivity index (χ0) is 17.8. The highest BCUT2D eigenvalue weighted by Gasteiger charge is 2.12. The van der Waals surface area contributed by atoms with Gasteiger partial charge in [0.15, 0.2) is 0 Å². The summed E-state index contributed by atoms with van der Waals surface area (Å²) in [5, 5.41) is 4.12. The van der Waals surface area contributed by atoms with Crippen molar-refractivity contribution in [2.45, 2.75) is 26.8 Å². The second-order valence-electron chi connectivity index (χ2n) is 5.64. The summed E-state index contributed by atoms with van der Waals surface area (Å²) in [6, 6.07) is 8.27. The Bertz CT molecular complexity index is 959. The lowest BCUT2D eigenvalue weighted by Gasteiger charge is -2.06. The molecular formula is C18H18N4O3. The standard InChI is InChI=1S/C18H18N4O3/c1-3-7-22-11-14(10-19-22)18(24)25-15-6-4-5-13(9-15)17-20-12(2)8-16(23)21-17/h4-6,8-11H,3,7H2,1-2H3,(H,20,21,23). The van der Waals surface area contributed by atoms with Gasteiger partial charge in [-0.3, -0.25) is 9.48 Å². The highest BCUT2D eigenvalue weighted by Crippen LogP contribution is 2.21. The third-order valence-corrected chi connectivity index (χ3v) is 3.51. The average Bonchev–Trinajstić information content (AvgIpc) is 3.03. The summed E-state index contributed by atoms with van der Waals surface area (Å²) in [6.07, 6.45) is 4.08. The fourth-order valence-corrected chi connectivity index (χ4v) is 2.41. The van der Waals surface area contributed by atoms with E-state index in [2.05, 4.69) is 15.1 Å². The van der Waals surface area contributed by atoms with E-state index in [0.717, 1.165) is 13.0 Å². The molecule has 1 N–H and O–H groups in total. The Morgan fingerprint density at radius 1 is 1.32 bits per heavy atom. The minimum absolute atomic E-state index is 0.228. The van der Waals surface area contributed by atoms with E-state index in [1.807, 2.05) is 6.92 Å². The fraction of sp³-hybridized carbons (Fsp3) is 0.222. The predicted octanol–water partition coefficient (Wildman–Crippen LogP) is 2.57. The molecule has 3 rings (SSSR count). The molecule has 0 spiro atoms. The Kier molecular flexibility index (Phi) is 4.74. The minimum atomic E-state index is -0.481. The van der Waals surface area contributed by atoms with Crippen molar-refractivity contribution >= 4 is 5.97 Å². The summed E-state index contributed by atoms with van der Waals surface area (Å²) in [6.45, 7) is 4.53. The maximum absolute atomic E-state index is 12.2. The first-order valence-electron chi connectivity index (χ1n) is 7.98.